The summed E-state index contributed by atoms with van der Waals surface area (Å²) in [5, 5.41) is 7.29. The van der Waals surface area contributed by atoms with Gasteiger partial charge in [-0.25, -0.2) is 0 Å². The maximum atomic E-state index is 12.1. The number of amides is 1. The van der Waals surface area contributed by atoms with Crippen LogP contribution in [0, 0.1) is 12.8 Å². The number of piperazine rings is 1. The van der Waals surface area contributed by atoms with E-state index in [4.69, 9.17) is 4.52 Å². The van der Waals surface area contributed by atoms with Crippen LogP contribution in [0.25, 0.3) is 0 Å². The van der Waals surface area contributed by atoms with Gasteiger partial charge in [-0.15, -0.1) is 24.8 Å². The molecule has 1 saturated carbocycles. The zero-order valence-corrected chi connectivity index (χ0v) is 15.1. The van der Waals surface area contributed by atoms with Crippen molar-refractivity contribution in [3.63, 3.8) is 0 Å². The molecule has 1 aliphatic carbocycles. The highest BCUT2D eigenvalue weighted by Crippen LogP contribution is 2.27. The molecule has 23 heavy (non-hydrogen) atoms. The second-order valence-corrected chi connectivity index (χ2v) is 6.16. The molecule has 1 amide bonds. The first-order chi connectivity index (χ1) is 10.2. The maximum absolute atomic E-state index is 12.1. The molecular weight excluding hydrogens is 339 g/mol. The SMILES string of the molecule is Cc1cc(CN2CCN(C(=O)CNCC3CC3)CC2)no1.Cl.Cl. The van der Waals surface area contributed by atoms with Crippen LogP contribution in [0.3, 0.4) is 0 Å². The van der Waals surface area contributed by atoms with Gasteiger partial charge in [-0.05, 0) is 32.2 Å². The molecule has 132 valence electrons. The summed E-state index contributed by atoms with van der Waals surface area (Å²) in [6.45, 7) is 7.61. The summed E-state index contributed by atoms with van der Waals surface area (Å²) in [5.74, 6) is 1.90. The highest BCUT2D eigenvalue weighted by molar-refractivity contribution is 5.85. The van der Waals surface area contributed by atoms with Gasteiger partial charge in [0, 0.05) is 38.8 Å². The second kappa shape index (κ2) is 9.47. The van der Waals surface area contributed by atoms with Gasteiger partial charge >= 0.3 is 0 Å². The summed E-state index contributed by atoms with van der Waals surface area (Å²) in [6, 6.07) is 1.97. The first kappa shape index (κ1) is 20.2. The topological polar surface area (TPSA) is 61.6 Å². The lowest BCUT2D eigenvalue weighted by Crippen LogP contribution is -2.50. The molecule has 3 rings (SSSR count). The van der Waals surface area contributed by atoms with Gasteiger partial charge in [-0.3, -0.25) is 9.69 Å². The van der Waals surface area contributed by atoms with E-state index in [1.165, 1.54) is 12.8 Å². The van der Waals surface area contributed by atoms with E-state index < -0.39 is 0 Å². The molecule has 1 aromatic rings. The predicted molar refractivity (Wildman–Crippen MR) is 93.2 cm³/mol. The Balaban J connectivity index is 0.00000132. The van der Waals surface area contributed by atoms with Crippen LogP contribution in [0.15, 0.2) is 10.6 Å². The average Bonchev–Trinajstić information content (AvgIpc) is 3.21. The Bertz CT molecular complexity index is 486. The predicted octanol–water partition coefficient (Wildman–Crippen LogP) is 1.47. The standard InChI is InChI=1S/C15H24N4O2.2ClH/c1-12-8-14(17-21-12)11-18-4-6-19(7-5-18)15(20)10-16-9-13-2-3-13;;/h8,13,16H,2-7,9-11H2,1H3;2*1H. The highest BCUT2D eigenvalue weighted by atomic mass is 35.5. The maximum Gasteiger partial charge on any atom is 0.236 e. The van der Waals surface area contributed by atoms with Gasteiger partial charge in [0.05, 0.1) is 12.2 Å². The van der Waals surface area contributed by atoms with Crippen molar-refractivity contribution in [2.24, 2.45) is 5.92 Å². The number of rotatable bonds is 6. The van der Waals surface area contributed by atoms with Crippen molar-refractivity contribution in [2.75, 3.05) is 39.3 Å². The van der Waals surface area contributed by atoms with Crippen LogP contribution in [0.1, 0.15) is 24.3 Å². The molecule has 2 heterocycles. The van der Waals surface area contributed by atoms with Gasteiger partial charge in [-0.1, -0.05) is 5.16 Å². The van der Waals surface area contributed by atoms with Gasteiger partial charge in [-0.2, -0.15) is 0 Å². The van der Waals surface area contributed by atoms with Gasteiger partial charge in [0.15, 0.2) is 0 Å². The summed E-state index contributed by atoms with van der Waals surface area (Å²) in [7, 11) is 0. The third-order valence-electron chi connectivity index (χ3n) is 4.19. The zero-order chi connectivity index (χ0) is 14.7. The van der Waals surface area contributed by atoms with Crippen LogP contribution in [-0.4, -0.2) is 60.1 Å². The molecule has 0 radical (unpaired) electrons. The number of nitrogens with one attached hydrogen (secondary N) is 1. The number of aromatic nitrogens is 1. The number of nitrogens with zero attached hydrogens (tertiary/aromatic N) is 3. The Morgan fingerprint density at radius 3 is 2.57 bits per heavy atom. The number of aryl methyl sites for hydroxylation is 1. The molecule has 0 aromatic carbocycles. The molecule has 2 aliphatic rings. The normalized spacial score (nSPS) is 18.2. The Morgan fingerprint density at radius 1 is 1.30 bits per heavy atom. The molecule has 0 bridgehead atoms. The van der Waals surface area contributed by atoms with Gasteiger partial charge in [0.2, 0.25) is 5.91 Å². The monoisotopic (exact) mass is 364 g/mol. The molecule has 0 unspecified atom stereocenters. The number of carbonyl (C=O) groups excluding carboxylic acids is 1. The molecule has 1 aliphatic heterocycles. The van der Waals surface area contributed by atoms with Crippen molar-refractivity contribution >= 4 is 30.7 Å². The molecule has 1 N–H and O–H groups in total. The second-order valence-electron chi connectivity index (χ2n) is 6.16. The molecular formula is C15H26Cl2N4O2. The molecule has 6 nitrogen and oxygen atoms in total. The molecule has 1 aromatic heterocycles. The van der Waals surface area contributed by atoms with E-state index in [-0.39, 0.29) is 30.7 Å². The first-order valence-corrected chi connectivity index (χ1v) is 7.84. The number of hydrogen-bond acceptors (Lipinski definition) is 5. The lowest BCUT2D eigenvalue weighted by Gasteiger charge is -2.34. The third-order valence-corrected chi connectivity index (χ3v) is 4.19. The number of halogens is 2. The lowest BCUT2D eigenvalue weighted by molar-refractivity contribution is -0.132. The largest absolute Gasteiger partial charge is 0.361 e. The average molecular weight is 365 g/mol. The fourth-order valence-electron chi connectivity index (χ4n) is 2.69. The van der Waals surface area contributed by atoms with Crippen LogP contribution in [-0.2, 0) is 11.3 Å². The van der Waals surface area contributed by atoms with Crippen molar-refractivity contribution in [2.45, 2.75) is 26.3 Å². The molecule has 2 fully saturated rings. The minimum atomic E-state index is 0. The van der Waals surface area contributed by atoms with Gasteiger partial charge in [0.25, 0.3) is 0 Å². The van der Waals surface area contributed by atoms with Crippen LogP contribution >= 0.6 is 24.8 Å². The highest BCUT2D eigenvalue weighted by Gasteiger charge is 2.23. The minimum Gasteiger partial charge on any atom is -0.361 e. The van der Waals surface area contributed by atoms with Crippen molar-refractivity contribution < 1.29 is 9.32 Å². The first-order valence-electron chi connectivity index (χ1n) is 7.84. The van der Waals surface area contributed by atoms with E-state index in [0.717, 1.165) is 56.6 Å². The minimum absolute atomic E-state index is 0. The van der Waals surface area contributed by atoms with E-state index in [1.807, 2.05) is 17.9 Å². The van der Waals surface area contributed by atoms with Crippen LogP contribution < -0.4 is 5.32 Å². The Kier molecular flexibility index (Phi) is 8.33. The van der Waals surface area contributed by atoms with E-state index >= 15 is 0 Å². The van der Waals surface area contributed by atoms with Crippen molar-refractivity contribution in [1.29, 1.82) is 0 Å². The van der Waals surface area contributed by atoms with E-state index in [1.54, 1.807) is 0 Å². The van der Waals surface area contributed by atoms with Crippen molar-refractivity contribution in [3.05, 3.63) is 17.5 Å². The fourth-order valence-corrected chi connectivity index (χ4v) is 2.69. The number of hydrogen-bond donors (Lipinski definition) is 1. The summed E-state index contributed by atoms with van der Waals surface area (Å²) >= 11 is 0. The summed E-state index contributed by atoms with van der Waals surface area (Å²) in [6.07, 6.45) is 2.64. The van der Waals surface area contributed by atoms with Crippen LogP contribution in [0.5, 0.6) is 0 Å². The smallest absolute Gasteiger partial charge is 0.236 e. The van der Waals surface area contributed by atoms with Gasteiger partial charge < -0.3 is 14.7 Å². The summed E-state index contributed by atoms with van der Waals surface area (Å²) in [4.78, 5) is 16.4. The molecule has 0 atom stereocenters. The molecule has 1 saturated heterocycles. The Labute approximate surface area is 149 Å². The number of carbonyl (C=O) groups is 1. The Morgan fingerprint density at radius 2 is 2.00 bits per heavy atom. The fraction of sp³-hybridized carbons (Fsp3) is 0.733. The summed E-state index contributed by atoms with van der Waals surface area (Å²) < 4.78 is 5.08. The van der Waals surface area contributed by atoms with Gasteiger partial charge in [0.1, 0.15) is 5.76 Å². The van der Waals surface area contributed by atoms with E-state index in [9.17, 15) is 4.79 Å². The van der Waals surface area contributed by atoms with Crippen molar-refractivity contribution in [1.82, 2.24) is 20.3 Å². The van der Waals surface area contributed by atoms with Crippen LogP contribution in [0.2, 0.25) is 0 Å². The van der Waals surface area contributed by atoms with E-state index in [2.05, 4.69) is 15.4 Å². The van der Waals surface area contributed by atoms with Crippen molar-refractivity contribution in [3.8, 4) is 0 Å². The van der Waals surface area contributed by atoms with E-state index in [0.29, 0.717) is 6.54 Å². The molecule has 8 heteroatoms. The quantitative estimate of drug-likeness (QED) is 0.827. The third kappa shape index (κ3) is 6.30. The molecule has 0 spiro atoms. The lowest BCUT2D eigenvalue weighted by atomic mass is 10.2. The Hall–Kier alpha value is -0.820. The van der Waals surface area contributed by atoms with Crippen LogP contribution in [0.4, 0.5) is 0 Å². The summed E-state index contributed by atoms with van der Waals surface area (Å²) in [5.41, 5.74) is 0.971. The zero-order valence-electron chi connectivity index (χ0n) is 13.5.